The largest absolute Gasteiger partial charge is 0.458 e. The highest BCUT2D eigenvalue weighted by Crippen LogP contribution is 2.70. The van der Waals surface area contributed by atoms with Crippen molar-refractivity contribution in [3.05, 3.63) is 53.6 Å². The lowest BCUT2D eigenvalue weighted by Gasteiger charge is -2.66. The molecule has 9 rings (SSSR count). The molecule has 1 aromatic carbocycles. The third-order valence-electron chi connectivity index (χ3n) is 19.4. The average Bonchev–Trinajstić information content (AvgIpc) is 3.82. The molecular formula is C58H86O18. The summed E-state index contributed by atoms with van der Waals surface area (Å²) in [5, 5.41) is 36.4. The molecule has 4 heterocycles. The Morgan fingerprint density at radius 2 is 1.16 bits per heavy atom. The number of carbonyl (C=O) groups is 2. The molecule has 8 aliphatic rings. The first kappa shape index (κ1) is 57.9. The van der Waals surface area contributed by atoms with Gasteiger partial charge in [-0.25, -0.2) is 4.79 Å². The molecule has 18 nitrogen and oxygen atoms in total. The summed E-state index contributed by atoms with van der Waals surface area (Å²) in [5.74, 6) is -1.68. The lowest BCUT2D eigenvalue weighted by molar-refractivity contribution is -0.347. The van der Waals surface area contributed by atoms with Gasteiger partial charge in [-0.1, -0.05) is 55.8 Å². The summed E-state index contributed by atoms with van der Waals surface area (Å²) in [6.07, 6.45) is 0.840. The van der Waals surface area contributed by atoms with E-state index in [0.717, 1.165) is 11.1 Å². The second-order valence-electron chi connectivity index (χ2n) is 23.5. The second kappa shape index (κ2) is 23.4. The van der Waals surface area contributed by atoms with Gasteiger partial charge in [-0.2, -0.15) is 0 Å². The maximum Gasteiger partial charge on any atom is 0.331 e. The summed E-state index contributed by atoms with van der Waals surface area (Å²) in [5.41, 5.74) is -3.00. The predicted molar refractivity (Wildman–Crippen MR) is 274 cm³/mol. The Morgan fingerprint density at radius 1 is 0.658 bits per heavy atom. The van der Waals surface area contributed by atoms with Gasteiger partial charge < -0.3 is 76.9 Å². The minimum atomic E-state index is -1.68. The molecule has 0 radical (unpaired) electrons. The summed E-state index contributed by atoms with van der Waals surface area (Å²) in [7, 11) is 6.52. The number of Topliss-reactive ketones (excluding diaryl/α,β-unsaturated/α-hetero) is 1. The van der Waals surface area contributed by atoms with Crippen molar-refractivity contribution in [2.45, 2.75) is 241 Å². The van der Waals surface area contributed by atoms with Crippen molar-refractivity contribution in [3.8, 4) is 0 Å². The van der Waals surface area contributed by atoms with Crippen LogP contribution in [0.15, 0.2) is 48.1 Å². The molecule has 7 fully saturated rings. The molecule has 18 heteroatoms. The molecule has 3 saturated carbocycles. The van der Waals surface area contributed by atoms with Crippen LogP contribution in [-0.4, -0.2) is 177 Å². The highest BCUT2D eigenvalue weighted by atomic mass is 16.8. The van der Waals surface area contributed by atoms with Crippen molar-refractivity contribution < 1.29 is 86.5 Å². The van der Waals surface area contributed by atoms with Crippen molar-refractivity contribution in [2.75, 3.05) is 28.4 Å². The van der Waals surface area contributed by atoms with Gasteiger partial charge in [-0.15, -0.1) is 0 Å². The normalized spacial score (nSPS) is 47.6. The Labute approximate surface area is 448 Å². The lowest BCUT2D eigenvalue weighted by atomic mass is 9.43. The summed E-state index contributed by atoms with van der Waals surface area (Å²) < 4.78 is 81.8. The van der Waals surface area contributed by atoms with Crippen LogP contribution >= 0.6 is 0 Å². The van der Waals surface area contributed by atoms with Gasteiger partial charge in [0.1, 0.15) is 47.5 Å². The van der Waals surface area contributed by atoms with Gasteiger partial charge in [-0.3, -0.25) is 4.79 Å². The highest BCUT2D eigenvalue weighted by Gasteiger charge is 2.77. The van der Waals surface area contributed by atoms with Crippen LogP contribution in [0.1, 0.15) is 125 Å². The van der Waals surface area contributed by atoms with Crippen LogP contribution in [0, 0.1) is 22.7 Å². The van der Waals surface area contributed by atoms with Crippen molar-refractivity contribution in [1.82, 2.24) is 0 Å². The van der Waals surface area contributed by atoms with Gasteiger partial charge in [0, 0.05) is 77.4 Å². The van der Waals surface area contributed by atoms with E-state index in [1.807, 2.05) is 58.0 Å². The van der Waals surface area contributed by atoms with E-state index in [4.69, 9.17) is 61.6 Å². The number of aliphatic hydroxyl groups excluding tert-OH is 1. The van der Waals surface area contributed by atoms with Gasteiger partial charge >= 0.3 is 5.97 Å². The first-order valence-corrected chi connectivity index (χ1v) is 27.8. The average molecular weight is 1070 g/mol. The molecule has 0 aromatic heterocycles. The van der Waals surface area contributed by atoms with Crippen molar-refractivity contribution in [1.29, 1.82) is 0 Å². The molecule has 3 N–H and O–H groups in total. The first-order valence-electron chi connectivity index (χ1n) is 27.8. The molecular weight excluding hydrogens is 985 g/mol. The van der Waals surface area contributed by atoms with E-state index in [-0.39, 0.29) is 36.9 Å². The van der Waals surface area contributed by atoms with Gasteiger partial charge in [0.15, 0.2) is 25.2 Å². The number of ketones is 1. The van der Waals surface area contributed by atoms with E-state index in [1.165, 1.54) is 13.0 Å². The van der Waals surface area contributed by atoms with E-state index in [0.29, 0.717) is 57.8 Å². The fourth-order valence-corrected chi connectivity index (χ4v) is 15.1. The molecule has 0 unspecified atom stereocenters. The summed E-state index contributed by atoms with van der Waals surface area (Å²) >= 11 is 0. The van der Waals surface area contributed by atoms with E-state index in [9.17, 15) is 24.9 Å². The molecule has 4 aliphatic heterocycles. The SMILES string of the molecule is CO[C@H]1C[C@H](O[C@@H]2[C@@H](C)O[C@@H](O[C@H]3[C@@H](OC)C[C@H](O[C@H]4[C@@H](OC)C[C@H](O[C@H]5CC[C@@]6(C)C(=CC[C@]7(O)[C@@H]6C[C@@H](OC(=O)/C=C/c6ccccc6)[C@]6(C)[C@H](C(C)=O)CC[C@@]67O)C5)O[C@@H]4C)O[C@@H]3C)C[C@H]2OC)O[C@H](C)[C@H]1O. The first-order chi connectivity index (χ1) is 36.2. The lowest BCUT2D eigenvalue weighted by Crippen LogP contribution is -2.75. The predicted octanol–water partition coefficient (Wildman–Crippen LogP) is 6.12. The number of aliphatic hydroxyl groups is 3. The Morgan fingerprint density at radius 3 is 1.67 bits per heavy atom. The van der Waals surface area contributed by atoms with Crippen molar-refractivity contribution in [2.24, 2.45) is 22.7 Å². The Bertz CT molecular complexity index is 2210. The number of methoxy groups -OCH3 is 4. The molecule has 4 saturated heterocycles. The molecule has 426 valence electrons. The smallest absolute Gasteiger partial charge is 0.331 e. The summed E-state index contributed by atoms with van der Waals surface area (Å²) in [6.45, 7) is 13.1. The molecule has 0 amide bonds. The number of rotatable bonds is 16. The van der Waals surface area contributed by atoms with Crippen molar-refractivity contribution >= 4 is 17.8 Å². The Hall–Kier alpha value is -2.76. The quantitative estimate of drug-likeness (QED) is 0.0966. The van der Waals surface area contributed by atoms with Crippen LogP contribution in [0.4, 0.5) is 0 Å². The van der Waals surface area contributed by atoms with Crippen LogP contribution in [-0.2, 0) is 71.2 Å². The number of esters is 1. The van der Waals surface area contributed by atoms with E-state index < -0.39 is 132 Å². The van der Waals surface area contributed by atoms with Gasteiger partial charge in [0.05, 0.1) is 54.9 Å². The second-order valence-corrected chi connectivity index (χ2v) is 23.5. The zero-order valence-electron chi connectivity index (χ0n) is 46.4. The van der Waals surface area contributed by atoms with Crippen molar-refractivity contribution in [3.63, 3.8) is 0 Å². The van der Waals surface area contributed by atoms with Gasteiger partial charge in [0.25, 0.3) is 0 Å². The standard InChI is InChI=1S/C58H86O18/c1-31(59)39-21-24-58(63)56(39,7)45(73-46(60)18-17-36-15-13-12-14-16-36)30-44-55(6)22-20-38(25-37(55)19-23-57(44,58)62)72-47-27-41(65-9)52(33(3)69-47)75-49-29-43(67-11)54(35(5)71-49)76-50-28-42(66-10)53(34(4)70-50)74-48-26-40(64-8)51(61)32(2)68-48/h12-19,32-35,38-45,47-54,61-63H,20-30H2,1-11H3/b18-17+/t32-,33-,34-,35-,38+,39+,40+,41+,42-,43+,44-,45-,47+,48+,49+,50+,51-,52-,53-,54-,55+,56+,57+,58-/m1/s1. The molecule has 1 aromatic rings. The molecule has 76 heavy (non-hydrogen) atoms. The third kappa shape index (κ3) is 10.8. The van der Waals surface area contributed by atoms with E-state index in [2.05, 4.69) is 13.0 Å². The van der Waals surface area contributed by atoms with Gasteiger partial charge in [0.2, 0.25) is 0 Å². The van der Waals surface area contributed by atoms with Gasteiger partial charge in [-0.05, 0) is 96.6 Å². The summed E-state index contributed by atoms with van der Waals surface area (Å²) in [6, 6.07) is 9.47. The zero-order valence-corrected chi connectivity index (χ0v) is 46.4. The number of hydrogen-bond donors (Lipinski definition) is 3. The van der Waals surface area contributed by atoms with Crippen LogP contribution < -0.4 is 0 Å². The molecule has 0 spiro atoms. The maximum atomic E-state index is 13.6. The molecule has 4 aliphatic carbocycles. The Kier molecular flexibility index (Phi) is 17.8. The number of ether oxygens (including phenoxy) is 13. The fourth-order valence-electron chi connectivity index (χ4n) is 15.1. The number of hydrogen-bond acceptors (Lipinski definition) is 18. The van der Waals surface area contributed by atoms with E-state index in [1.54, 1.807) is 41.4 Å². The third-order valence-corrected chi connectivity index (χ3v) is 19.4. The topological polar surface area (TPSA) is 215 Å². The number of carbonyl (C=O) groups excluding carboxylic acids is 2. The highest BCUT2D eigenvalue weighted by molar-refractivity contribution is 5.87. The minimum Gasteiger partial charge on any atom is -0.458 e. The number of benzene rings is 1. The Balaban J connectivity index is 0.802. The number of fused-ring (bicyclic) bond motifs is 5. The van der Waals surface area contributed by atoms with E-state index >= 15 is 0 Å². The van der Waals surface area contributed by atoms with Crippen LogP contribution in [0.5, 0.6) is 0 Å². The maximum absolute atomic E-state index is 13.6. The summed E-state index contributed by atoms with van der Waals surface area (Å²) in [4.78, 5) is 26.9. The minimum absolute atomic E-state index is 0.0868. The zero-order chi connectivity index (χ0) is 54.5. The molecule has 24 atom stereocenters. The monoisotopic (exact) mass is 1070 g/mol. The van der Waals surface area contributed by atoms with Crippen LogP contribution in [0.3, 0.4) is 0 Å². The van der Waals surface area contributed by atoms with Crippen LogP contribution in [0.25, 0.3) is 6.08 Å². The fraction of sp³-hybridized carbons (Fsp3) is 0.793. The van der Waals surface area contributed by atoms with Crippen LogP contribution in [0.2, 0.25) is 0 Å². The molecule has 0 bridgehead atoms.